The minimum atomic E-state index is -1.27. The summed E-state index contributed by atoms with van der Waals surface area (Å²) in [6.07, 6.45) is 0. The summed E-state index contributed by atoms with van der Waals surface area (Å²) >= 11 is 0. The molecule has 31 heavy (non-hydrogen) atoms. The molecule has 2 heterocycles. The predicted octanol–water partition coefficient (Wildman–Crippen LogP) is 2.53. The molecule has 160 valence electrons. The van der Waals surface area contributed by atoms with E-state index in [2.05, 4.69) is 10.6 Å². The van der Waals surface area contributed by atoms with E-state index in [4.69, 9.17) is 0 Å². The number of aryl methyl sites for hydroxylation is 1. The first-order valence-corrected chi connectivity index (χ1v) is 10.0. The monoisotopic (exact) mass is 420 g/mol. The lowest BCUT2D eigenvalue weighted by Crippen LogP contribution is -2.60. The molecule has 0 aromatic heterocycles. The number of carbonyl (C=O) groups is 4. The molecule has 2 N–H and O–H groups in total. The summed E-state index contributed by atoms with van der Waals surface area (Å²) in [5, 5.41) is 5.50. The van der Waals surface area contributed by atoms with E-state index in [1.54, 1.807) is 57.2 Å². The van der Waals surface area contributed by atoms with Crippen LogP contribution >= 0.6 is 0 Å². The number of imide groups is 1. The molecule has 8 heteroatoms. The molecule has 2 aliphatic heterocycles. The van der Waals surface area contributed by atoms with E-state index in [9.17, 15) is 19.2 Å². The third-order valence-electron chi connectivity index (χ3n) is 5.95. The van der Waals surface area contributed by atoms with Crippen LogP contribution in [0.25, 0.3) is 0 Å². The average molecular weight is 420 g/mol. The van der Waals surface area contributed by atoms with Crippen LogP contribution in [0.2, 0.25) is 0 Å². The lowest BCUT2D eigenvalue weighted by molar-refractivity contribution is -0.134. The van der Waals surface area contributed by atoms with Crippen LogP contribution in [0.5, 0.6) is 0 Å². The summed E-state index contributed by atoms with van der Waals surface area (Å²) in [6.45, 7) is 6.32. The van der Waals surface area contributed by atoms with Crippen molar-refractivity contribution in [2.75, 3.05) is 16.8 Å². The summed E-state index contributed by atoms with van der Waals surface area (Å²) in [5.41, 5.74) is 0.227. The molecule has 5 amide bonds. The number of fused-ring (bicyclic) bond motifs is 1. The number of amides is 5. The zero-order valence-corrected chi connectivity index (χ0v) is 17.9. The summed E-state index contributed by atoms with van der Waals surface area (Å²) in [6, 6.07) is 13.6. The molecule has 0 spiro atoms. The van der Waals surface area contributed by atoms with Gasteiger partial charge in [0.2, 0.25) is 11.8 Å². The van der Waals surface area contributed by atoms with E-state index in [0.29, 0.717) is 16.9 Å². The maximum atomic E-state index is 13.3. The Balaban J connectivity index is 1.64. The van der Waals surface area contributed by atoms with Crippen LogP contribution in [0.15, 0.2) is 48.5 Å². The molecule has 1 fully saturated rings. The standard InChI is InChI=1S/C23H24N4O4/c1-14-9-11-15(12-10-14)23(4)20(30)26(21(31)25-23)13-18(28)27-17-8-6-5-7-16(17)24-19(29)22(27,2)3/h5-12H,13H2,1-4H3,(H,24,29)(H,25,31)/t23-/m0/s1. The summed E-state index contributed by atoms with van der Waals surface area (Å²) < 4.78 is 0. The van der Waals surface area contributed by atoms with E-state index in [-0.39, 0.29) is 5.91 Å². The van der Waals surface area contributed by atoms with E-state index >= 15 is 0 Å². The van der Waals surface area contributed by atoms with Crippen LogP contribution in [0.1, 0.15) is 31.9 Å². The topological polar surface area (TPSA) is 98.8 Å². The van der Waals surface area contributed by atoms with Crippen molar-refractivity contribution in [3.05, 3.63) is 59.7 Å². The average Bonchev–Trinajstić information content (AvgIpc) is 2.93. The molecule has 4 rings (SSSR count). The number of carbonyl (C=O) groups excluding carboxylic acids is 4. The highest BCUT2D eigenvalue weighted by atomic mass is 16.2. The van der Waals surface area contributed by atoms with E-state index in [0.717, 1.165) is 10.5 Å². The fourth-order valence-corrected chi connectivity index (χ4v) is 4.03. The molecule has 0 bridgehead atoms. The van der Waals surface area contributed by atoms with Gasteiger partial charge < -0.3 is 10.6 Å². The molecular formula is C23H24N4O4. The molecule has 2 aromatic carbocycles. The van der Waals surface area contributed by atoms with Gasteiger partial charge >= 0.3 is 6.03 Å². The Hall–Kier alpha value is -3.68. The SMILES string of the molecule is Cc1ccc([C@]2(C)NC(=O)N(CC(=O)N3c4ccccc4NC(=O)C3(C)C)C2=O)cc1. The first-order chi connectivity index (χ1) is 14.6. The smallest absolute Gasteiger partial charge is 0.322 e. The zero-order valence-electron chi connectivity index (χ0n) is 17.9. The molecule has 0 saturated carbocycles. The van der Waals surface area contributed by atoms with Crippen molar-refractivity contribution in [3.63, 3.8) is 0 Å². The van der Waals surface area contributed by atoms with Crippen LogP contribution in [0.4, 0.5) is 16.2 Å². The number of nitrogens with zero attached hydrogens (tertiary/aromatic N) is 2. The van der Waals surface area contributed by atoms with Gasteiger partial charge in [0.25, 0.3) is 5.91 Å². The van der Waals surface area contributed by atoms with Crippen LogP contribution < -0.4 is 15.5 Å². The molecule has 0 unspecified atom stereocenters. The van der Waals surface area contributed by atoms with Gasteiger partial charge in [0.15, 0.2) is 0 Å². The largest absolute Gasteiger partial charge is 0.325 e. The lowest BCUT2D eigenvalue weighted by atomic mass is 9.91. The molecule has 1 saturated heterocycles. The quantitative estimate of drug-likeness (QED) is 0.746. The number of hydrogen-bond acceptors (Lipinski definition) is 4. The second-order valence-electron chi connectivity index (χ2n) is 8.57. The van der Waals surface area contributed by atoms with Gasteiger partial charge in [0, 0.05) is 0 Å². The Kier molecular flexibility index (Phi) is 4.61. The maximum absolute atomic E-state index is 13.3. The summed E-state index contributed by atoms with van der Waals surface area (Å²) in [4.78, 5) is 54.1. The number of nitrogens with one attached hydrogen (secondary N) is 2. The molecule has 1 atom stereocenters. The molecule has 2 aliphatic rings. The number of urea groups is 1. The summed E-state index contributed by atoms with van der Waals surface area (Å²) in [5.74, 6) is -1.38. The Bertz CT molecular complexity index is 1110. The highest BCUT2D eigenvalue weighted by Crippen LogP contribution is 2.37. The molecule has 2 aromatic rings. The highest BCUT2D eigenvalue weighted by Gasteiger charge is 2.51. The highest BCUT2D eigenvalue weighted by molar-refractivity contribution is 6.16. The van der Waals surface area contributed by atoms with Crippen molar-refractivity contribution in [1.29, 1.82) is 0 Å². The number of rotatable bonds is 3. The zero-order chi connectivity index (χ0) is 22.6. The Morgan fingerprint density at radius 1 is 0.968 bits per heavy atom. The molecule has 8 nitrogen and oxygen atoms in total. The minimum absolute atomic E-state index is 0.346. The van der Waals surface area contributed by atoms with Crippen molar-refractivity contribution in [3.8, 4) is 0 Å². The van der Waals surface area contributed by atoms with Crippen molar-refractivity contribution < 1.29 is 19.2 Å². The van der Waals surface area contributed by atoms with Gasteiger partial charge in [-0.25, -0.2) is 4.79 Å². The van der Waals surface area contributed by atoms with Crippen molar-refractivity contribution in [2.45, 2.75) is 38.8 Å². The van der Waals surface area contributed by atoms with Crippen LogP contribution in [0, 0.1) is 6.92 Å². The van der Waals surface area contributed by atoms with Crippen molar-refractivity contribution >= 4 is 35.1 Å². The Morgan fingerprint density at radius 2 is 1.61 bits per heavy atom. The third-order valence-corrected chi connectivity index (χ3v) is 5.95. The number of hydrogen-bond donors (Lipinski definition) is 2. The van der Waals surface area contributed by atoms with Gasteiger partial charge in [0.05, 0.1) is 11.4 Å². The van der Waals surface area contributed by atoms with Gasteiger partial charge in [-0.2, -0.15) is 0 Å². The van der Waals surface area contributed by atoms with Gasteiger partial charge in [-0.1, -0.05) is 42.0 Å². The van der Waals surface area contributed by atoms with E-state index in [1.807, 2.05) is 19.1 Å². The van der Waals surface area contributed by atoms with Gasteiger partial charge in [-0.3, -0.25) is 24.2 Å². The van der Waals surface area contributed by atoms with Crippen molar-refractivity contribution in [1.82, 2.24) is 10.2 Å². The molecule has 0 radical (unpaired) electrons. The fraction of sp³-hybridized carbons (Fsp3) is 0.304. The Morgan fingerprint density at radius 3 is 2.29 bits per heavy atom. The van der Waals surface area contributed by atoms with Crippen LogP contribution in [-0.4, -0.2) is 40.7 Å². The first kappa shape index (κ1) is 20.6. The van der Waals surface area contributed by atoms with Crippen molar-refractivity contribution in [2.24, 2.45) is 0 Å². The number of para-hydroxylation sites is 2. The fourth-order valence-electron chi connectivity index (χ4n) is 4.03. The summed E-state index contributed by atoms with van der Waals surface area (Å²) in [7, 11) is 0. The first-order valence-electron chi connectivity index (χ1n) is 10.0. The van der Waals surface area contributed by atoms with E-state index in [1.165, 1.54) is 4.90 Å². The number of benzene rings is 2. The van der Waals surface area contributed by atoms with Gasteiger partial charge in [-0.15, -0.1) is 0 Å². The second kappa shape index (κ2) is 6.94. The predicted molar refractivity (Wildman–Crippen MR) is 115 cm³/mol. The molecular weight excluding hydrogens is 396 g/mol. The normalized spacial score (nSPS) is 22.1. The second-order valence-corrected chi connectivity index (χ2v) is 8.57. The number of anilines is 2. The van der Waals surface area contributed by atoms with Crippen LogP contribution in [0.3, 0.4) is 0 Å². The maximum Gasteiger partial charge on any atom is 0.325 e. The third kappa shape index (κ3) is 3.15. The van der Waals surface area contributed by atoms with E-state index < -0.39 is 35.5 Å². The van der Waals surface area contributed by atoms with Gasteiger partial charge in [0.1, 0.15) is 17.6 Å². The van der Waals surface area contributed by atoms with Crippen LogP contribution in [-0.2, 0) is 19.9 Å². The lowest BCUT2D eigenvalue weighted by Gasteiger charge is -2.42. The minimum Gasteiger partial charge on any atom is -0.322 e. The van der Waals surface area contributed by atoms with Gasteiger partial charge in [-0.05, 0) is 45.4 Å². The molecule has 0 aliphatic carbocycles. The Labute approximate surface area is 180 Å².